The number of carboxylic acid groups (broad SMARTS) is 1. The summed E-state index contributed by atoms with van der Waals surface area (Å²) in [5.41, 5.74) is 3.72. The van der Waals surface area contributed by atoms with Gasteiger partial charge in [-0.3, -0.25) is 14.7 Å². The van der Waals surface area contributed by atoms with Gasteiger partial charge in [-0.05, 0) is 73.4 Å². The number of carbonyl (C=O) groups is 2. The van der Waals surface area contributed by atoms with Gasteiger partial charge in [0.05, 0.1) is 25.7 Å². The van der Waals surface area contributed by atoms with Crippen LogP contribution in [0, 0.1) is 0 Å². The minimum atomic E-state index is -0.972. The smallest absolute Gasteiger partial charge is 0.413 e. The van der Waals surface area contributed by atoms with Crippen LogP contribution in [0.5, 0.6) is 5.75 Å². The summed E-state index contributed by atoms with van der Waals surface area (Å²) in [5, 5.41) is 10.5. The quantitative estimate of drug-likeness (QED) is 0.312. The molecule has 0 saturated carbocycles. The Morgan fingerprint density at radius 2 is 1.95 bits per heavy atom. The molecule has 1 aliphatic rings. The molecular formula is C29H30N4O5. The molecular weight excluding hydrogens is 484 g/mol. The van der Waals surface area contributed by atoms with Crippen LogP contribution in [0.1, 0.15) is 42.6 Å². The zero-order chi connectivity index (χ0) is 26.5. The van der Waals surface area contributed by atoms with Crippen LogP contribution in [0.25, 0.3) is 10.9 Å². The molecule has 0 spiro atoms. The predicted molar refractivity (Wildman–Crippen MR) is 143 cm³/mol. The lowest BCUT2D eigenvalue weighted by Crippen LogP contribution is -2.35. The van der Waals surface area contributed by atoms with Gasteiger partial charge >= 0.3 is 12.1 Å². The lowest BCUT2D eigenvalue weighted by molar-refractivity contribution is -0.143. The summed E-state index contributed by atoms with van der Waals surface area (Å²) in [6.07, 6.45) is 6.87. The standard InChI is InChI=1S/C29H30N4O5/c1-2-37-27(34)19-26(20-9-13-30-14-10-20)32-16-11-22-18-24(7-8-25(22)32)38-17-12-23-6-5-21-4-3-15-33(29(35)36)28(21)31-23/h5-11,13-14,16,18,26H,2-4,12,15,17,19H2,1H3,(H,35,36). The predicted octanol–water partition coefficient (Wildman–Crippen LogP) is 5.03. The molecule has 1 unspecified atom stereocenters. The van der Waals surface area contributed by atoms with E-state index < -0.39 is 6.09 Å². The number of hydrogen-bond acceptors (Lipinski definition) is 6. The number of pyridine rings is 2. The molecule has 1 aromatic carbocycles. The topological polar surface area (TPSA) is 107 Å². The second-order valence-electron chi connectivity index (χ2n) is 9.17. The van der Waals surface area contributed by atoms with Crippen molar-refractivity contribution in [2.75, 3.05) is 24.7 Å². The fourth-order valence-electron chi connectivity index (χ4n) is 4.92. The number of carbonyl (C=O) groups excluding carboxylic acids is 1. The van der Waals surface area contributed by atoms with E-state index in [1.54, 1.807) is 19.3 Å². The Labute approximate surface area is 220 Å². The molecule has 3 aromatic heterocycles. The van der Waals surface area contributed by atoms with Crippen molar-refractivity contribution in [2.24, 2.45) is 0 Å². The molecule has 1 atom stereocenters. The SMILES string of the molecule is CCOC(=O)CC(c1ccncc1)n1ccc2cc(OCCc3ccc4c(n3)N(C(=O)O)CCC4)ccc21. The number of nitrogens with zero attached hydrogens (tertiary/aromatic N) is 4. The van der Waals surface area contributed by atoms with E-state index >= 15 is 0 Å². The first-order valence-electron chi connectivity index (χ1n) is 12.8. The highest BCUT2D eigenvalue weighted by atomic mass is 16.5. The van der Waals surface area contributed by atoms with Gasteiger partial charge in [-0.25, -0.2) is 9.78 Å². The van der Waals surface area contributed by atoms with Gasteiger partial charge in [0.1, 0.15) is 11.6 Å². The van der Waals surface area contributed by atoms with Crippen molar-refractivity contribution >= 4 is 28.8 Å². The molecule has 38 heavy (non-hydrogen) atoms. The average Bonchev–Trinajstić information content (AvgIpc) is 3.35. The molecule has 4 aromatic rings. The van der Waals surface area contributed by atoms with Gasteiger partial charge in [0.25, 0.3) is 0 Å². The Kier molecular flexibility index (Phi) is 7.53. The minimum absolute atomic E-state index is 0.215. The van der Waals surface area contributed by atoms with Crippen LogP contribution in [0.2, 0.25) is 0 Å². The molecule has 1 aliphatic heterocycles. The van der Waals surface area contributed by atoms with Crippen LogP contribution in [-0.4, -0.2) is 51.5 Å². The lowest BCUT2D eigenvalue weighted by Gasteiger charge is -2.26. The van der Waals surface area contributed by atoms with Crippen molar-refractivity contribution in [1.82, 2.24) is 14.5 Å². The highest BCUT2D eigenvalue weighted by Gasteiger charge is 2.24. The van der Waals surface area contributed by atoms with Crippen molar-refractivity contribution in [3.05, 3.63) is 83.9 Å². The van der Waals surface area contributed by atoms with Gasteiger partial charge in [-0.15, -0.1) is 0 Å². The Morgan fingerprint density at radius 3 is 2.74 bits per heavy atom. The molecule has 0 aliphatic carbocycles. The van der Waals surface area contributed by atoms with E-state index in [-0.39, 0.29) is 18.4 Å². The number of amides is 1. The normalized spacial score (nSPS) is 13.7. The molecule has 1 N–H and O–H groups in total. The highest BCUT2D eigenvalue weighted by molar-refractivity contribution is 5.86. The monoisotopic (exact) mass is 514 g/mol. The van der Waals surface area contributed by atoms with E-state index in [1.165, 1.54) is 4.90 Å². The van der Waals surface area contributed by atoms with Crippen LogP contribution >= 0.6 is 0 Å². The molecule has 0 bridgehead atoms. The molecule has 5 rings (SSSR count). The van der Waals surface area contributed by atoms with Gasteiger partial charge in [0.2, 0.25) is 0 Å². The fourth-order valence-corrected chi connectivity index (χ4v) is 4.92. The number of ether oxygens (including phenoxy) is 2. The fraction of sp³-hybridized carbons (Fsp3) is 0.310. The maximum absolute atomic E-state index is 12.4. The van der Waals surface area contributed by atoms with E-state index in [4.69, 9.17) is 9.47 Å². The third-order valence-corrected chi connectivity index (χ3v) is 6.74. The van der Waals surface area contributed by atoms with Crippen LogP contribution < -0.4 is 9.64 Å². The zero-order valence-corrected chi connectivity index (χ0v) is 21.2. The molecule has 0 fully saturated rings. The number of aryl methyl sites for hydroxylation is 1. The first-order chi connectivity index (χ1) is 18.5. The zero-order valence-electron chi connectivity index (χ0n) is 21.2. The third-order valence-electron chi connectivity index (χ3n) is 6.74. The number of anilines is 1. The van der Waals surface area contributed by atoms with Crippen molar-refractivity contribution in [3.8, 4) is 5.75 Å². The van der Waals surface area contributed by atoms with E-state index in [9.17, 15) is 14.7 Å². The summed E-state index contributed by atoms with van der Waals surface area (Å²) in [7, 11) is 0. The summed E-state index contributed by atoms with van der Waals surface area (Å²) >= 11 is 0. The van der Waals surface area contributed by atoms with Gasteiger partial charge in [-0.1, -0.05) is 6.07 Å². The summed E-state index contributed by atoms with van der Waals surface area (Å²) in [6, 6.07) is 15.4. The molecule has 196 valence electrons. The molecule has 9 nitrogen and oxygen atoms in total. The van der Waals surface area contributed by atoms with E-state index in [0.717, 1.165) is 46.3 Å². The maximum Gasteiger partial charge on any atom is 0.413 e. The summed E-state index contributed by atoms with van der Waals surface area (Å²) in [5.74, 6) is 1.01. The van der Waals surface area contributed by atoms with Crippen molar-refractivity contribution < 1.29 is 24.2 Å². The Balaban J connectivity index is 1.30. The molecule has 9 heteroatoms. The van der Waals surface area contributed by atoms with Crippen LogP contribution in [0.15, 0.2) is 67.1 Å². The van der Waals surface area contributed by atoms with Gasteiger partial charge < -0.3 is 19.1 Å². The first-order valence-corrected chi connectivity index (χ1v) is 12.8. The first kappa shape index (κ1) is 25.3. The Bertz CT molecular complexity index is 1440. The van der Waals surface area contributed by atoms with Gasteiger partial charge in [0.15, 0.2) is 0 Å². The molecule has 0 saturated heterocycles. The van der Waals surface area contributed by atoms with Gasteiger partial charge in [0, 0.05) is 48.2 Å². The van der Waals surface area contributed by atoms with E-state index in [1.807, 2.05) is 54.7 Å². The van der Waals surface area contributed by atoms with Crippen LogP contribution in [0.3, 0.4) is 0 Å². The molecule has 4 heterocycles. The molecule has 0 radical (unpaired) electrons. The largest absolute Gasteiger partial charge is 0.493 e. The van der Waals surface area contributed by atoms with Crippen LogP contribution in [-0.2, 0) is 22.4 Å². The number of fused-ring (bicyclic) bond motifs is 2. The average molecular weight is 515 g/mol. The maximum atomic E-state index is 12.4. The van der Waals surface area contributed by atoms with E-state index in [0.29, 0.717) is 32.0 Å². The minimum Gasteiger partial charge on any atom is -0.493 e. The van der Waals surface area contributed by atoms with Crippen LogP contribution in [0.4, 0.5) is 10.6 Å². The number of benzene rings is 1. The number of aromatic nitrogens is 3. The number of hydrogen-bond donors (Lipinski definition) is 1. The summed E-state index contributed by atoms with van der Waals surface area (Å²) < 4.78 is 13.3. The lowest BCUT2D eigenvalue weighted by atomic mass is 10.0. The second-order valence-corrected chi connectivity index (χ2v) is 9.17. The molecule has 1 amide bonds. The Morgan fingerprint density at radius 1 is 1.11 bits per heavy atom. The Hall–Kier alpha value is -4.40. The summed E-state index contributed by atoms with van der Waals surface area (Å²) in [4.78, 5) is 34.0. The number of esters is 1. The second kappa shape index (κ2) is 11.3. The third kappa shape index (κ3) is 5.46. The van der Waals surface area contributed by atoms with E-state index in [2.05, 4.69) is 14.5 Å². The summed E-state index contributed by atoms with van der Waals surface area (Å²) in [6.45, 7) is 3.02. The van der Waals surface area contributed by atoms with Gasteiger partial charge in [-0.2, -0.15) is 0 Å². The highest BCUT2D eigenvalue weighted by Crippen LogP contribution is 2.30. The van der Waals surface area contributed by atoms with Crippen molar-refractivity contribution in [3.63, 3.8) is 0 Å². The van der Waals surface area contributed by atoms with Crippen molar-refractivity contribution in [2.45, 2.75) is 38.6 Å². The van der Waals surface area contributed by atoms with Crippen molar-refractivity contribution in [1.29, 1.82) is 0 Å². The number of rotatable bonds is 9.